The van der Waals surface area contributed by atoms with Crippen molar-refractivity contribution in [2.45, 2.75) is 20.5 Å². The summed E-state index contributed by atoms with van der Waals surface area (Å²) in [5.74, 6) is 0.612. The predicted octanol–water partition coefficient (Wildman–Crippen LogP) is 4.99. The third kappa shape index (κ3) is 5.93. The molecule has 0 saturated carbocycles. The zero-order valence-electron chi connectivity index (χ0n) is 19.0. The summed E-state index contributed by atoms with van der Waals surface area (Å²) in [5, 5.41) is 6.85. The Labute approximate surface area is 211 Å². The minimum atomic E-state index is -0.385. The molecule has 0 unspecified atom stereocenters. The summed E-state index contributed by atoms with van der Waals surface area (Å²) in [7, 11) is 0. The molecule has 3 aromatic rings. The number of nitrogens with zero attached hydrogens (tertiary/aromatic N) is 2. The molecule has 1 aliphatic heterocycles. The number of aryl methyl sites for hydroxylation is 2. The third-order valence-electron chi connectivity index (χ3n) is 5.34. The van der Waals surface area contributed by atoms with Gasteiger partial charge in [-0.3, -0.25) is 19.3 Å². The molecule has 1 aliphatic rings. The first kappa shape index (κ1) is 24.6. The van der Waals surface area contributed by atoms with Crippen LogP contribution >= 0.6 is 23.4 Å². The standard InChI is InChI=1S/C25H22ClN3O5S/c1-15-21(16(2)34-28-15)14-33-20-9-5-18(6-10-20)23(30)27-11-12-29-24(31)22(35-25(29)32)13-17-3-7-19(26)8-4-17/h3-10,13H,11-12,14H2,1-2H3,(H,27,30). The van der Waals surface area contributed by atoms with Gasteiger partial charge in [-0.25, -0.2) is 0 Å². The van der Waals surface area contributed by atoms with E-state index < -0.39 is 0 Å². The number of imide groups is 1. The summed E-state index contributed by atoms with van der Waals surface area (Å²) in [6.45, 7) is 4.20. The average molecular weight is 512 g/mol. The Kier molecular flexibility index (Phi) is 7.57. The number of hydrogen-bond acceptors (Lipinski definition) is 7. The third-order valence-corrected chi connectivity index (χ3v) is 6.50. The van der Waals surface area contributed by atoms with Gasteiger partial charge in [0.15, 0.2) is 0 Å². The topological polar surface area (TPSA) is 102 Å². The van der Waals surface area contributed by atoms with Gasteiger partial charge in [0, 0.05) is 23.7 Å². The quantitative estimate of drug-likeness (QED) is 0.425. The summed E-state index contributed by atoms with van der Waals surface area (Å²) < 4.78 is 10.9. The summed E-state index contributed by atoms with van der Waals surface area (Å²) in [5.41, 5.74) is 2.88. The van der Waals surface area contributed by atoms with Gasteiger partial charge in [0.1, 0.15) is 18.1 Å². The number of hydrogen-bond donors (Lipinski definition) is 1. The zero-order valence-corrected chi connectivity index (χ0v) is 20.6. The van der Waals surface area contributed by atoms with E-state index in [-0.39, 0.29) is 30.1 Å². The molecule has 180 valence electrons. The lowest BCUT2D eigenvalue weighted by atomic mass is 10.2. The van der Waals surface area contributed by atoms with Crippen LogP contribution < -0.4 is 10.1 Å². The molecule has 8 nitrogen and oxygen atoms in total. The van der Waals surface area contributed by atoms with Crippen LogP contribution in [0.25, 0.3) is 6.08 Å². The summed E-state index contributed by atoms with van der Waals surface area (Å²) in [4.78, 5) is 38.8. The number of carbonyl (C=O) groups excluding carboxylic acids is 3. The molecule has 4 rings (SSSR count). The van der Waals surface area contributed by atoms with Crippen molar-refractivity contribution in [2.75, 3.05) is 13.1 Å². The molecule has 3 amide bonds. The van der Waals surface area contributed by atoms with Crippen LogP contribution in [0.2, 0.25) is 5.02 Å². The van der Waals surface area contributed by atoms with Gasteiger partial charge in [-0.05, 0) is 73.6 Å². The van der Waals surface area contributed by atoms with Crippen molar-refractivity contribution in [3.8, 4) is 5.75 Å². The Morgan fingerprint density at radius 1 is 1.14 bits per heavy atom. The summed E-state index contributed by atoms with van der Waals surface area (Å²) >= 11 is 6.75. The minimum Gasteiger partial charge on any atom is -0.489 e. The molecule has 0 radical (unpaired) electrons. The molecule has 0 aliphatic carbocycles. The number of aromatic nitrogens is 1. The van der Waals surface area contributed by atoms with Gasteiger partial charge in [0.25, 0.3) is 17.1 Å². The van der Waals surface area contributed by atoms with Gasteiger partial charge < -0.3 is 14.6 Å². The number of thioether (sulfide) groups is 1. The average Bonchev–Trinajstić information content (AvgIpc) is 3.31. The van der Waals surface area contributed by atoms with Crippen LogP contribution in [0.1, 0.15) is 32.9 Å². The van der Waals surface area contributed by atoms with E-state index in [2.05, 4.69) is 10.5 Å². The molecule has 2 heterocycles. The smallest absolute Gasteiger partial charge is 0.293 e. The first-order valence-corrected chi connectivity index (χ1v) is 11.9. The summed E-state index contributed by atoms with van der Waals surface area (Å²) in [6, 6.07) is 13.7. The summed E-state index contributed by atoms with van der Waals surface area (Å²) in [6.07, 6.45) is 1.65. The Bertz CT molecular complexity index is 1270. The van der Waals surface area contributed by atoms with Gasteiger partial charge in [0.05, 0.1) is 16.2 Å². The number of ether oxygens (including phenoxy) is 1. The monoisotopic (exact) mass is 511 g/mol. The number of carbonyl (C=O) groups is 3. The molecule has 1 saturated heterocycles. The van der Waals surface area contributed by atoms with E-state index in [4.69, 9.17) is 20.9 Å². The van der Waals surface area contributed by atoms with Crippen molar-refractivity contribution < 1.29 is 23.6 Å². The molecule has 2 aromatic carbocycles. The number of amides is 3. The second kappa shape index (κ2) is 10.8. The molecule has 35 heavy (non-hydrogen) atoms. The minimum absolute atomic E-state index is 0.0764. The van der Waals surface area contributed by atoms with Crippen molar-refractivity contribution in [3.05, 3.63) is 86.6 Å². The lowest BCUT2D eigenvalue weighted by Gasteiger charge is -2.13. The van der Waals surface area contributed by atoms with Crippen LogP contribution in [0, 0.1) is 13.8 Å². The van der Waals surface area contributed by atoms with E-state index in [0.29, 0.717) is 33.6 Å². The number of benzene rings is 2. The first-order valence-electron chi connectivity index (χ1n) is 10.8. The van der Waals surface area contributed by atoms with E-state index in [1.165, 1.54) is 0 Å². The van der Waals surface area contributed by atoms with Gasteiger partial charge >= 0.3 is 0 Å². The van der Waals surface area contributed by atoms with E-state index in [1.807, 2.05) is 13.8 Å². The lowest BCUT2D eigenvalue weighted by Crippen LogP contribution is -2.37. The van der Waals surface area contributed by atoms with E-state index in [9.17, 15) is 14.4 Å². The van der Waals surface area contributed by atoms with Gasteiger partial charge in [-0.2, -0.15) is 0 Å². The molecule has 1 N–H and O–H groups in total. The second-order valence-electron chi connectivity index (χ2n) is 7.76. The van der Waals surface area contributed by atoms with E-state index >= 15 is 0 Å². The van der Waals surface area contributed by atoms with Crippen molar-refractivity contribution in [1.29, 1.82) is 0 Å². The van der Waals surface area contributed by atoms with E-state index in [0.717, 1.165) is 33.5 Å². The molecule has 0 bridgehead atoms. The van der Waals surface area contributed by atoms with Gasteiger partial charge in [-0.15, -0.1) is 0 Å². The molecular formula is C25H22ClN3O5S. The van der Waals surface area contributed by atoms with Crippen LogP contribution in [-0.4, -0.2) is 40.2 Å². The normalized spacial score (nSPS) is 14.6. The van der Waals surface area contributed by atoms with Gasteiger partial charge in [-0.1, -0.05) is 28.9 Å². The SMILES string of the molecule is Cc1noc(C)c1COc1ccc(C(=O)NCCN2C(=O)SC(=Cc3ccc(Cl)cc3)C2=O)cc1. The van der Waals surface area contributed by atoms with E-state index in [1.54, 1.807) is 54.6 Å². The van der Waals surface area contributed by atoms with Gasteiger partial charge in [0.2, 0.25) is 0 Å². The van der Waals surface area contributed by atoms with Crippen molar-refractivity contribution in [3.63, 3.8) is 0 Å². The Morgan fingerprint density at radius 2 is 1.86 bits per heavy atom. The first-order chi connectivity index (χ1) is 16.8. The zero-order chi connectivity index (χ0) is 24.9. The maximum Gasteiger partial charge on any atom is 0.293 e. The van der Waals surface area contributed by atoms with Crippen LogP contribution in [0.5, 0.6) is 5.75 Å². The highest BCUT2D eigenvalue weighted by atomic mass is 35.5. The lowest BCUT2D eigenvalue weighted by molar-refractivity contribution is -0.122. The Hall–Kier alpha value is -3.56. The maximum atomic E-state index is 12.6. The van der Waals surface area contributed by atoms with Crippen LogP contribution in [-0.2, 0) is 11.4 Å². The van der Waals surface area contributed by atoms with Crippen molar-refractivity contribution >= 4 is 46.5 Å². The fourth-order valence-corrected chi connectivity index (χ4v) is 4.34. The van der Waals surface area contributed by atoms with Crippen LogP contribution in [0.3, 0.4) is 0 Å². The molecule has 10 heteroatoms. The molecule has 0 atom stereocenters. The molecule has 0 spiro atoms. The van der Waals surface area contributed by atoms with Crippen molar-refractivity contribution in [1.82, 2.24) is 15.4 Å². The highest BCUT2D eigenvalue weighted by Crippen LogP contribution is 2.32. The molecule has 1 aromatic heterocycles. The predicted molar refractivity (Wildman–Crippen MR) is 133 cm³/mol. The fraction of sp³-hybridized carbons (Fsp3) is 0.200. The highest BCUT2D eigenvalue weighted by Gasteiger charge is 2.34. The maximum absolute atomic E-state index is 12.6. The Balaban J connectivity index is 1.27. The molecule has 1 fully saturated rings. The number of nitrogens with one attached hydrogen (secondary N) is 1. The van der Waals surface area contributed by atoms with Crippen molar-refractivity contribution in [2.24, 2.45) is 0 Å². The second-order valence-corrected chi connectivity index (χ2v) is 9.19. The molecular weight excluding hydrogens is 490 g/mol. The van der Waals surface area contributed by atoms with Crippen LogP contribution in [0.4, 0.5) is 4.79 Å². The highest BCUT2D eigenvalue weighted by molar-refractivity contribution is 8.18. The number of halogens is 1. The number of rotatable bonds is 8. The fourth-order valence-electron chi connectivity index (χ4n) is 3.35. The van der Waals surface area contributed by atoms with Crippen LogP contribution in [0.15, 0.2) is 58.0 Å². The largest absolute Gasteiger partial charge is 0.489 e. The Morgan fingerprint density at radius 3 is 2.51 bits per heavy atom.